The molecule has 1 aromatic rings. The Morgan fingerprint density at radius 1 is 0.700 bits per heavy atom. The van der Waals surface area contributed by atoms with Crippen LogP contribution in [0.2, 0.25) is 0 Å². The summed E-state index contributed by atoms with van der Waals surface area (Å²) in [4.78, 5) is 57.2. The summed E-state index contributed by atoms with van der Waals surface area (Å²) in [5, 5.41) is 8.49. The lowest BCUT2D eigenvalue weighted by Gasteiger charge is -2.10. The maximum absolute atomic E-state index is 12.0. The number of ether oxygens (including phenoxy) is 1. The molecule has 0 radical (unpaired) electrons. The standard InChI is InChI=1S/C20H21I3O7/c21-12-9-17(22)20(18(23)10-12)30-8-7-15(26)4-3-13(24)1-2-14(25)5-6-16(27)11-19(28)29/h9-10H,1-8,11H2,(H,28,29). The first-order valence-electron chi connectivity index (χ1n) is 9.14. The third-order valence-corrected chi connectivity index (χ3v) is 6.21. The number of carbonyl (C=O) groups excluding carboxylic acids is 4. The maximum Gasteiger partial charge on any atom is 0.310 e. The summed E-state index contributed by atoms with van der Waals surface area (Å²) in [6.07, 6.45) is -0.385. The Morgan fingerprint density at radius 2 is 1.10 bits per heavy atom. The van der Waals surface area contributed by atoms with Crippen LogP contribution in [0.3, 0.4) is 0 Å². The van der Waals surface area contributed by atoms with Crippen LogP contribution in [0.4, 0.5) is 0 Å². The fourth-order valence-electron chi connectivity index (χ4n) is 2.40. The van der Waals surface area contributed by atoms with Crippen LogP contribution >= 0.6 is 67.8 Å². The summed E-state index contributed by atoms with van der Waals surface area (Å²) in [6, 6.07) is 3.98. The largest absolute Gasteiger partial charge is 0.491 e. The van der Waals surface area contributed by atoms with E-state index >= 15 is 0 Å². The molecule has 1 N–H and O–H groups in total. The van der Waals surface area contributed by atoms with Crippen molar-refractivity contribution in [1.29, 1.82) is 0 Å². The summed E-state index contributed by atoms with van der Waals surface area (Å²) in [5.41, 5.74) is 0. The molecular weight excluding hydrogens is 733 g/mol. The molecule has 0 unspecified atom stereocenters. The minimum atomic E-state index is -1.22. The lowest BCUT2D eigenvalue weighted by molar-refractivity contribution is -0.140. The highest BCUT2D eigenvalue weighted by atomic mass is 127. The van der Waals surface area contributed by atoms with Gasteiger partial charge in [0.15, 0.2) is 0 Å². The van der Waals surface area contributed by atoms with Crippen LogP contribution in [-0.2, 0) is 24.0 Å². The van der Waals surface area contributed by atoms with Crippen LogP contribution in [0.25, 0.3) is 0 Å². The van der Waals surface area contributed by atoms with Crippen molar-refractivity contribution >= 4 is 96.9 Å². The molecule has 0 saturated heterocycles. The number of carbonyl (C=O) groups is 5. The monoisotopic (exact) mass is 754 g/mol. The van der Waals surface area contributed by atoms with E-state index in [1.165, 1.54) is 0 Å². The molecule has 1 aromatic carbocycles. The van der Waals surface area contributed by atoms with Crippen molar-refractivity contribution in [2.45, 2.75) is 51.4 Å². The molecule has 0 bridgehead atoms. The van der Waals surface area contributed by atoms with Gasteiger partial charge in [-0.15, -0.1) is 0 Å². The third kappa shape index (κ3) is 11.7. The quantitative estimate of drug-likeness (QED) is 0.209. The third-order valence-electron chi connectivity index (χ3n) is 3.99. The molecule has 0 heterocycles. The molecule has 0 aliphatic heterocycles. The molecule has 0 aliphatic carbocycles. The van der Waals surface area contributed by atoms with Gasteiger partial charge in [-0.1, -0.05) is 0 Å². The minimum absolute atomic E-state index is 0.000166. The van der Waals surface area contributed by atoms with Gasteiger partial charge < -0.3 is 9.84 Å². The molecule has 0 atom stereocenters. The highest BCUT2D eigenvalue weighted by Gasteiger charge is 2.14. The second kappa shape index (κ2) is 14.4. The SMILES string of the molecule is O=C(O)CC(=O)CCC(=O)CCC(=O)CCC(=O)CCOc1c(I)cc(I)cc1I. The van der Waals surface area contributed by atoms with Crippen molar-refractivity contribution < 1.29 is 33.8 Å². The molecule has 0 aliphatic rings. The predicted molar refractivity (Wildman–Crippen MR) is 135 cm³/mol. The van der Waals surface area contributed by atoms with E-state index in [1.807, 2.05) is 12.1 Å². The molecule has 10 heteroatoms. The molecule has 0 saturated carbocycles. The molecule has 0 amide bonds. The van der Waals surface area contributed by atoms with E-state index < -0.39 is 18.2 Å². The van der Waals surface area contributed by atoms with Crippen LogP contribution in [-0.4, -0.2) is 40.8 Å². The lowest BCUT2D eigenvalue weighted by atomic mass is 10.0. The van der Waals surface area contributed by atoms with E-state index in [0.717, 1.165) is 16.5 Å². The van der Waals surface area contributed by atoms with Crippen molar-refractivity contribution in [1.82, 2.24) is 0 Å². The van der Waals surface area contributed by atoms with E-state index in [0.29, 0.717) is 0 Å². The van der Waals surface area contributed by atoms with Gasteiger partial charge in [-0.3, -0.25) is 24.0 Å². The number of hydrogen-bond acceptors (Lipinski definition) is 6. The number of ketones is 4. The summed E-state index contributed by atoms with van der Waals surface area (Å²) in [6.45, 7) is 0.239. The lowest BCUT2D eigenvalue weighted by Crippen LogP contribution is -2.11. The normalized spacial score (nSPS) is 10.5. The van der Waals surface area contributed by atoms with Gasteiger partial charge in [0.2, 0.25) is 0 Å². The maximum atomic E-state index is 12.0. The van der Waals surface area contributed by atoms with Gasteiger partial charge in [0.05, 0.1) is 13.7 Å². The van der Waals surface area contributed by atoms with Crippen molar-refractivity contribution in [2.24, 2.45) is 0 Å². The van der Waals surface area contributed by atoms with Crippen molar-refractivity contribution in [3.8, 4) is 5.75 Å². The van der Waals surface area contributed by atoms with E-state index in [1.54, 1.807) is 0 Å². The first-order valence-corrected chi connectivity index (χ1v) is 12.4. The van der Waals surface area contributed by atoms with Crippen molar-refractivity contribution in [2.75, 3.05) is 6.61 Å². The fourth-order valence-corrected chi connectivity index (χ4v) is 6.30. The zero-order valence-electron chi connectivity index (χ0n) is 16.0. The van der Waals surface area contributed by atoms with Gasteiger partial charge in [-0.2, -0.15) is 0 Å². The van der Waals surface area contributed by atoms with Gasteiger partial charge in [-0.05, 0) is 79.9 Å². The van der Waals surface area contributed by atoms with Gasteiger partial charge in [0.1, 0.15) is 35.3 Å². The van der Waals surface area contributed by atoms with Crippen LogP contribution < -0.4 is 4.74 Å². The zero-order chi connectivity index (χ0) is 22.7. The second-order valence-corrected chi connectivity index (χ2v) is 10.1. The molecule has 0 aromatic heterocycles. The Labute approximate surface area is 215 Å². The van der Waals surface area contributed by atoms with E-state index in [4.69, 9.17) is 9.84 Å². The smallest absolute Gasteiger partial charge is 0.310 e. The number of benzene rings is 1. The second-order valence-electron chi connectivity index (χ2n) is 6.52. The van der Waals surface area contributed by atoms with Crippen molar-refractivity contribution in [3.05, 3.63) is 22.8 Å². The Kier molecular flexibility index (Phi) is 13.2. The topological polar surface area (TPSA) is 115 Å². The van der Waals surface area contributed by atoms with Gasteiger partial charge >= 0.3 is 5.97 Å². The average Bonchev–Trinajstić information content (AvgIpc) is 2.64. The number of Topliss-reactive ketones (excluding diaryl/α,β-unsaturated/α-hetero) is 4. The molecule has 0 fully saturated rings. The summed E-state index contributed by atoms with van der Waals surface area (Å²) < 4.78 is 8.77. The summed E-state index contributed by atoms with van der Waals surface area (Å²) in [7, 11) is 0. The zero-order valence-corrected chi connectivity index (χ0v) is 22.5. The first kappa shape index (κ1) is 27.4. The van der Waals surface area contributed by atoms with Gasteiger partial charge in [0.25, 0.3) is 0 Å². The van der Waals surface area contributed by atoms with Gasteiger partial charge in [0, 0.05) is 48.5 Å². The van der Waals surface area contributed by atoms with Crippen LogP contribution in [0.1, 0.15) is 51.4 Å². The Bertz CT molecular complexity index is 798. The number of carboxylic acids is 1. The molecule has 1 rings (SSSR count). The molecule has 7 nitrogen and oxygen atoms in total. The highest BCUT2D eigenvalue weighted by Crippen LogP contribution is 2.29. The highest BCUT2D eigenvalue weighted by molar-refractivity contribution is 14.1. The summed E-state index contributed by atoms with van der Waals surface area (Å²) in [5.74, 6) is -1.50. The summed E-state index contributed by atoms with van der Waals surface area (Å²) >= 11 is 6.60. The van der Waals surface area contributed by atoms with E-state index in [-0.39, 0.29) is 68.9 Å². The van der Waals surface area contributed by atoms with Crippen LogP contribution in [0.15, 0.2) is 12.1 Å². The number of rotatable bonds is 15. The number of carboxylic acid groups (broad SMARTS) is 1. The predicted octanol–water partition coefficient (Wildman–Crippen LogP) is 4.36. The Balaban J connectivity index is 2.22. The van der Waals surface area contributed by atoms with Crippen molar-refractivity contribution in [3.63, 3.8) is 0 Å². The number of halogens is 3. The molecule has 0 spiro atoms. The number of hydrogen-bond donors (Lipinski definition) is 1. The molecule has 164 valence electrons. The Hall–Kier alpha value is -0.640. The van der Waals surface area contributed by atoms with E-state index in [9.17, 15) is 24.0 Å². The fraction of sp³-hybridized carbons (Fsp3) is 0.450. The Morgan fingerprint density at radius 3 is 1.53 bits per heavy atom. The number of aliphatic carboxylic acids is 1. The average molecular weight is 754 g/mol. The first-order chi connectivity index (χ1) is 14.1. The van der Waals surface area contributed by atoms with Crippen LogP contribution in [0.5, 0.6) is 5.75 Å². The van der Waals surface area contributed by atoms with E-state index in [2.05, 4.69) is 67.8 Å². The molecular formula is C20H21I3O7. The van der Waals surface area contributed by atoms with Crippen LogP contribution in [0, 0.1) is 10.7 Å². The molecule has 30 heavy (non-hydrogen) atoms. The minimum Gasteiger partial charge on any atom is -0.491 e. The van der Waals surface area contributed by atoms with Gasteiger partial charge in [-0.25, -0.2) is 0 Å².